The molecule has 0 saturated heterocycles. The smallest absolute Gasteiger partial charge is 0.357 e. The lowest BCUT2D eigenvalue weighted by atomic mass is 10.5. The van der Waals surface area contributed by atoms with E-state index in [2.05, 4.69) is 9.72 Å². The average molecular weight is 173 g/mol. The molecule has 0 aliphatic rings. The van der Waals surface area contributed by atoms with E-state index in [0.29, 0.717) is 6.61 Å². The molecule has 1 heterocycles. The molecule has 1 aromatic heterocycles. The highest BCUT2D eigenvalue weighted by molar-refractivity contribution is 7.11. The Morgan fingerprint density at radius 3 is 3.09 bits per heavy atom. The molecule has 0 aromatic carbocycles. The first-order valence-corrected chi connectivity index (χ1v) is 3.93. The van der Waals surface area contributed by atoms with Crippen molar-refractivity contribution in [3.8, 4) is 5.19 Å². The molecule has 0 fully saturated rings. The van der Waals surface area contributed by atoms with E-state index in [9.17, 15) is 4.79 Å². The van der Waals surface area contributed by atoms with Gasteiger partial charge in [-0.25, -0.2) is 4.79 Å². The molecule has 0 aliphatic carbocycles. The first-order chi connectivity index (χ1) is 5.24. The summed E-state index contributed by atoms with van der Waals surface area (Å²) in [5, 5.41) is 10.1. The highest BCUT2D eigenvalue weighted by atomic mass is 32.1. The van der Waals surface area contributed by atoms with E-state index in [1.54, 1.807) is 6.92 Å². The molecule has 5 heteroatoms. The maximum atomic E-state index is 10.9. The minimum atomic E-state index is -0.496. The quantitative estimate of drug-likeness (QED) is 0.678. The van der Waals surface area contributed by atoms with Gasteiger partial charge in [-0.05, 0) is 6.92 Å². The monoisotopic (exact) mass is 173 g/mol. The molecule has 1 aromatic rings. The Hall–Kier alpha value is -1.10. The molecule has 0 saturated carbocycles. The lowest BCUT2D eigenvalue weighted by Gasteiger charge is -1.94. The summed E-state index contributed by atoms with van der Waals surface area (Å²) in [4.78, 5) is 14.4. The third-order valence-electron chi connectivity index (χ3n) is 0.977. The van der Waals surface area contributed by atoms with Gasteiger partial charge < -0.3 is 9.84 Å². The van der Waals surface area contributed by atoms with E-state index in [1.165, 1.54) is 5.38 Å². The first-order valence-electron chi connectivity index (χ1n) is 3.05. The molecule has 1 rings (SSSR count). The van der Waals surface area contributed by atoms with Crippen molar-refractivity contribution >= 4 is 17.3 Å². The van der Waals surface area contributed by atoms with E-state index in [1.807, 2.05) is 0 Å². The number of aromatic nitrogens is 1. The Kier molecular flexibility index (Phi) is 2.43. The predicted molar refractivity (Wildman–Crippen MR) is 39.7 cm³/mol. The zero-order valence-corrected chi connectivity index (χ0v) is 6.72. The molecule has 0 spiro atoms. The van der Waals surface area contributed by atoms with E-state index >= 15 is 0 Å². The summed E-state index contributed by atoms with van der Waals surface area (Å²) in [7, 11) is 0. The molecule has 0 amide bonds. The van der Waals surface area contributed by atoms with Crippen molar-refractivity contribution in [2.45, 2.75) is 6.92 Å². The van der Waals surface area contributed by atoms with Gasteiger partial charge in [-0.15, -0.1) is 0 Å². The summed E-state index contributed by atoms with van der Waals surface area (Å²) < 4.78 is 4.64. The van der Waals surface area contributed by atoms with Gasteiger partial charge in [0.05, 0.1) is 6.61 Å². The number of hydrogen-bond acceptors (Lipinski definition) is 5. The van der Waals surface area contributed by atoms with Gasteiger partial charge in [0, 0.05) is 5.38 Å². The molecule has 1 N–H and O–H groups in total. The standard InChI is InChI=1S/C6H7NO3S/c1-2-10-5(8)4-3-11-6(9)7-4/h3H,2H2,1H3,(H,7,9). The summed E-state index contributed by atoms with van der Waals surface area (Å²) in [5.74, 6) is -0.496. The fraction of sp³-hybridized carbons (Fsp3) is 0.333. The maximum absolute atomic E-state index is 10.9. The molecule has 0 bridgehead atoms. The van der Waals surface area contributed by atoms with Crippen LogP contribution in [0.25, 0.3) is 0 Å². The molecular formula is C6H7NO3S. The highest BCUT2D eigenvalue weighted by Gasteiger charge is 2.09. The lowest BCUT2D eigenvalue weighted by Crippen LogP contribution is -2.04. The zero-order chi connectivity index (χ0) is 8.27. The lowest BCUT2D eigenvalue weighted by molar-refractivity contribution is 0.0519. The van der Waals surface area contributed by atoms with E-state index in [0.717, 1.165) is 11.3 Å². The fourth-order valence-electron chi connectivity index (χ4n) is 0.563. The number of ether oxygens (including phenoxy) is 1. The fourth-order valence-corrected chi connectivity index (χ4v) is 1.08. The van der Waals surface area contributed by atoms with Crippen LogP contribution < -0.4 is 0 Å². The highest BCUT2D eigenvalue weighted by Crippen LogP contribution is 2.15. The van der Waals surface area contributed by atoms with Crippen LogP contribution in [0.15, 0.2) is 5.38 Å². The van der Waals surface area contributed by atoms with Crippen LogP contribution in [0.3, 0.4) is 0 Å². The van der Waals surface area contributed by atoms with Gasteiger partial charge in [0.1, 0.15) is 0 Å². The number of thiazole rings is 1. The SMILES string of the molecule is CCOC(=O)c1csc(O)n1. The summed E-state index contributed by atoms with van der Waals surface area (Å²) >= 11 is 1.00. The molecule has 60 valence electrons. The van der Waals surface area contributed by atoms with Gasteiger partial charge in [-0.1, -0.05) is 11.3 Å². The van der Waals surface area contributed by atoms with Gasteiger partial charge in [0.2, 0.25) is 0 Å². The molecule has 11 heavy (non-hydrogen) atoms. The number of carbonyl (C=O) groups is 1. The average Bonchev–Trinajstić information content (AvgIpc) is 2.36. The Labute approximate surface area is 67.5 Å². The van der Waals surface area contributed by atoms with Gasteiger partial charge >= 0.3 is 5.97 Å². The normalized spacial score (nSPS) is 9.55. The first kappa shape index (κ1) is 8.00. The summed E-state index contributed by atoms with van der Waals surface area (Å²) in [6, 6.07) is 0. The molecule has 0 unspecified atom stereocenters. The van der Waals surface area contributed by atoms with Gasteiger partial charge in [0.25, 0.3) is 5.19 Å². The number of rotatable bonds is 2. The molecule has 0 atom stereocenters. The van der Waals surface area contributed by atoms with Crippen LogP contribution in [0.1, 0.15) is 17.4 Å². The second-order valence-electron chi connectivity index (χ2n) is 1.74. The van der Waals surface area contributed by atoms with Crippen LogP contribution in [0.2, 0.25) is 0 Å². The molecule has 4 nitrogen and oxygen atoms in total. The Balaban J connectivity index is 2.69. The van der Waals surface area contributed by atoms with Crippen LogP contribution in [0.5, 0.6) is 5.19 Å². The third-order valence-corrected chi connectivity index (χ3v) is 1.62. The molecule has 0 aliphatic heterocycles. The largest absolute Gasteiger partial charge is 0.486 e. The number of esters is 1. The number of aromatic hydroxyl groups is 1. The summed E-state index contributed by atoms with van der Waals surface area (Å²) in [5.41, 5.74) is 0.161. The topological polar surface area (TPSA) is 59.4 Å². The molecular weight excluding hydrogens is 166 g/mol. The number of hydrogen-bond donors (Lipinski definition) is 1. The van der Waals surface area contributed by atoms with Gasteiger partial charge in [0.15, 0.2) is 5.69 Å². The summed E-state index contributed by atoms with van der Waals surface area (Å²) in [6.07, 6.45) is 0. The Morgan fingerprint density at radius 1 is 1.91 bits per heavy atom. The Bertz CT molecular complexity index is 258. The van der Waals surface area contributed by atoms with Crippen LogP contribution in [-0.4, -0.2) is 22.7 Å². The maximum Gasteiger partial charge on any atom is 0.357 e. The number of carbonyl (C=O) groups excluding carboxylic acids is 1. The van der Waals surface area contributed by atoms with Crippen molar-refractivity contribution in [2.75, 3.05) is 6.61 Å². The van der Waals surface area contributed by atoms with Crippen molar-refractivity contribution in [2.24, 2.45) is 0 Å². The zero-order valence-electron chi connectivity index (χ0n) is 5.90. The minimum absolute atomic E-state index is 0.118. The molecule has 0 radical (unpaired) electrons. The van der Waals surface area contributed by atoms with Crippen molar-refractivity contribution in [3.05, 3.63) is 11.1 Å². The summed E-state index contributed by atoms with van der Waals surface area (Å²) in [6.45, 7) is 2.03. The van der Waals surface area contributed by atoms with Crippen molar-refractivity contribution in [3.63, 3.8) is 0 Å². The van der Waals surface area contributed by atoms with Crippen LogP contribution in [-0.2, 0) is 4.74 Å². The van der Waals surface area contributed by atoms with Crippen molar-refractivity contribution in [1.29, 1.82) is 0 Å². The van der Waals surface area contributed by atoms with Gasteiger partial charge in [-0.2, -0.15) is 4.98 Å². The van der Waals surface area contributed by atoms with Crippen molar-refractivity contribution in [1.82, 2.24) is 4.98 Å². The van der Waals surface area contributed by atoms with Crippen LogP contribution >= 0.6 is 11.3 Å². The van der Waals surface area contributed by atoms with E-state index < -0.39 is 5.97 Å². The second-order valence-corrected chi connectivity index (χ2v) is 2.57. The minimum Gasteiger partial charge on any atom is -0.486 e. The third kappa shape index (κ3) is 1.91. The second kappa shape index (κ2) is 3.34. The van der Waals surface area contributed by atoms with E-state index in [4.69, 9.17) is 5.11 Å². The Morgan fingerprint density at radius 2 is 2.64 bits per heavy atom. The van der Waals surface area contributed by atoms with Crippen LogP contribution in [0.4, 0.5) is 0 Å². The predicted octanol–water partition coefficient (Wildman–Crippen LogP) is 1.03. The van der Waals surface area contributed by atoms with Crippen molar-refractivity contribution < 1.29 is 14.6 Å². The van der Waals surface area contributed by atoms with E-state index in [-0.39, 0.29) is 10.9 Å². The number of nitrogens with zero attached hydrogens (tertiary/aromatic N) is 1. The van der Waals surface area contributed by atoms with Gasteiger partial charge in [-0.3, -0.25) is 0 Å². The van der Waals surface area contributed by atoms with Crippen LogP contribution in [0, 0.1) is 0 Å².